The molecule has 0 heterocycles. The van der Waals surface area contributed by atoms with Crippen molar-refractivity contribution in [2.75, 3.05) is 0 Å². The van der Waals surface area contributed by atoms with Crippen LogP contribution in [0.4, 0.5) is 14.5 Å². The Morgan fingerprint density at radius 2 is 2.14 bits per heavy atom. The number of benzene rings is 1. The SMILES string of the molecule is O=[N+]([O-])c1ccc(I)cc1OC(F)F. The van der Waals surface area contributed by atoms with Crippen LogP contribution in [-0.2, 0) is 0 Å². The van der Waals surface area contributed by atoms with Crippen LogP contribution in [0.5, 0.6) is 5.75 Å². The summed E-state index contributed by atoms with van der Waals surface area (Å²) in [6.07, 6.45) is 0. The van der Waals surface area contributed by atoms with Gasteiger partial charge in [-0.05, 0) is 28.7 Å². The predicted molar refractivity (Wildman–Crippen MR) is 52.4 cm³/mol. The molecule has 0 saturated heterocycles. The molecule has 0 spiro atoms. The fourth-order valence-corrected chi connectivity index (χ4v) is 1.29. The van der Waals surface area contributed by atoms with Crippen LogP contribution in [0.25, 0.3) is 0 Å². The number of alkyl halides is 2. The first-order valence-electron chi connectivity index (χ1n) is 3.39. The molecule has 0 aliphatic carbocycles. The first-order chi connectivity index (χ1) is 6.50. The maximum Gasteiger partial charge on any atom is 0.387 e. The minimum absolute atomic E-state index is 0.420. The molecule has 1 aromatic rings. The van der Waals surface area contributed by atoms with Gasteiger partial charge in [0.25, 0.3) is 0 Å². The van der Waals surface area contributed by atoms with Crippen molar-refractivity contribution < 1.29 is 18.4 Å². The van der Waals surface area contributed by atoms with Crippen molar-refractivity contribution >= 4 is 28.3 Å². The lowest BCUT2D eigenvalue weighted by Crippen LogP contribution is -2.04. The highest BCUT2D eigenvalue weighted by Gasteiger charge is 2.18. The maximum absolute atomic E-state index is 11.8. The molecule has 0 saturated carbocycles. The van der Waals surface area contributed by atoms with E-state index in [0.29, 0.717) is 3.57 Å². The topological polar surface area (TPSA) is 52.4 Å². The maximum atomic E-state index is 11.8. The second kappa shape index (κ2) is 4.49. The van der Waals surface area contributed by atoms with Crippen molar-refractivity contribution in [3.63, 3.8) is 0 Å². The minimum atomic E-state index is -3.06. The van der Waals surface area contributed by atoms with E-state index in [0.717, 1.165) is 6.07 Å². The molecule has 0 bridgehead atoms. The van der Waals surface area contributed by atoms with Crippen LogP contribution >= 0.6 is 22.6 Å². The Bertz CT molecular complexity index is 359. The summed E-state index contributed by atoms with van der Waals surface area (Å²) in [5.74, 6) is -0.420. The fraction of sp³-hybridized carbons (Fsp3) is 0.143. The second-order valence-electron chi connectivity index (χ2n) is 2.25. The van der Waals surface area contributed by atoms with Crippen LogP contribution in [0, 0.1) is 13.7 Å². The number of nitro groups is 1. The zero-order valence-corrected chi connectivity index (χ0v) is 8.77. The van der Waals surface area contributed by atoms with Gasteiger partial charge in [0.15, 0.2) is 0 Å². The average molecular weight is 315 g/mol. The molecule has 0 unspecified atom stereocenters. The zero-order valence-electron chi connectivity index (χ0n) is 6.62. The summed E-state index contributed by atoms with van der Waals surface area (Å²) in [5, 5.41) is 10.4. The number of halogens is 3. The van der Waals surface area contributed by atoms with Gasteiger partial charge < -0.3 is 4.74 Å². The third-order valence-electron chi connectivity index (χ3n) is 1.33. The number of nitro benzene ring substituents is 1. The van der Waals surface area contributed by atoms with Crippen molar-refractivity contribution in [1.29, 1.82) is 0 Å². The van der Waals surface area contributed by atoms with Crippen LogP contribution in [0.15, 0.2) is 18.2 Å². The second-order valence-corrected chi connectivity index (χ2v) is 3.49. The number of rotatable bonds is 3. The monoisotopic (exact) mass is 315 g/mol. The van der Waals surface area contributed by atoms with E-state index in [2.05, 4.69) is 4.74 Å². The first kappa shape index (κ1) is 11.1. The quantitative estimate of drug-likeness (QED) is 0.490. The molecule has 4 nitrogen and oxygen atoms in total. The molecule has 0 atom stereocenters. The first-order valence-corrected chi connectivity index (χ1v) is 4.47. The molecule has 0 radical (unpaired) electrons. The summed E-state index contributed by atoms with van der Waals surface area (Å²) in [5.41, 5.74) is -0.467. The molecule has 7 heteroatoms. The van der Waals surface area contributed by atoms with Gasteiger partial charge in [-0.15, -0.1) is 0 Å². The number of hydrogen-bond donors (Lipinski definition) is 0. The number of hydrogen-bond acceptors (Lipinski definition) is 3. The highest BCUT2D eigenvalue weighted by Crippen LogP contribution is 2.29. The van der Waals surface area contributed by atoms with Crippen molar-refractivity contribution in [2.24, 2.45) is 0 Å². The third kappa shape index (κ3) is 2.76. The van der Waals surface area contributed by atoms with Crippen LogP contribution in [0.1, 0.15) is 0 Å². The highest BCUT2D eigenvalue weighted by atomic mass is 127. The Morgan fingerprint density at radius 3 is 2.64 bits per heavy atom. The van der Waals surface area contributed by atoms with E-state index >= 15 is 0 Å². The van der Waals surface area contributed by atoms with Gasteiger partial charge in [0.2, 0.25) is 5.75 Å². The van der Waals surface area contributed by atoms with Crippen LogP contribution in [0.3, 0.4) is 0 Å². The van der Waals surface area contributed by atoms with Crippen molar-refractivity contribution in [2.45, 2.75) is 6.61 Å². The van der Waals surface area contributed by atoms with Gasteiger partial charge in [-0.3, -0.25) is 10.1 Å². The normalized spacial score (nSPS) is 10.3. The van der Waals surface area contributed by atoms with Gasteiger partial charge in [0, 0.05) is 15.7 Å². The molecule has 0 N–H and O–H groups in total. The zero-order chi connectivity index (χ0) is 10.7. The van der Waals surface area contributed by atoms with Crippen LogP contribution in [0.2, 0.25) is 0 Å². The van der Waals surface area contributed by atoms with E-state index in [4.69, 9.17) is 0 Å². The standard InChI is InChI=1S/C7H4F2INO3/c8-7(9)14-6-3-4(10)1-2-5(6)11(12)13/h1-3,7H. The van der Waals surface area contributed by atoms with Crippen molar-refractivity contribution in [1.82, 2.24) is 0 Å². The Hall–Kier alpha value is -0.990. The third-order valence-corrected chi connectivity index (χ3v) is 2.01. The van der Waals surface area contributed by atoms with Gasteiger partial charge in [-0.2, -0.15) is 8.78 Å². The molecule has 0 aliphatic heterocycles. The molecule has 1 aromatic carbocycles. The smallest absolute Gasteiger partial charge is 0.387 e. The molecule has 1 rings (SSSR count). The molecule has 14 heavy (non-hydrogen) atoms. The molecular formula is C7H4F2INO3. The van der Waals surface area contributed by atoms with Gasteiger partial charge in [-0.1, -0.05) is 0 Å². The van der Waals surface area contributed by atoms with E-state index in [-0.39, 0.29) is 0 Å². The largest absolute Gasteiger partial charge is 0.427 e. The lowest BCUT2D eigenvalue weighted by atomic mass is 10.3. The van der Waals surface area contributed by atoms with E-state index in [9.17, 15) is 18.9 Å². The Morgan fingerprint density at radius 1 is 1.50 bits per heavy atom. The van der Waals surface area contributed by atoms with Gasteiger partial charge in [-0.25, -0.2) is 0 Å². The van der Waals surface area contributed by atoms with Crippen molar-refractivity contribution in [3.05, 3.63) is 31.9 Å². The van der Waals surface area contributed by atoms with Gasteiger partial charge in [0.05, 0.1) is 4.92 Å². The molecular weight excluding hydrogens is 311 g/mol. The summed E-state index contributed by atoms with van der Waals surface area (Å²) >= 11 is 1.84. The molecule has 0 fully saturated rings. The molecule has 0 aliphatic rings. The Labute approximate surface area is 91.2 Å². The minimum Gasteiger partial charge on any atom is -0.427 e. The van der Waals surface area contributed by atoms with Crippen LogP contribution in [-0.4, -0.2) is 11.5 Å². The molecule has 0 amide bonds. The summed E-state index contributed by atoms with van der Waals surface area (Å²) in [6.45, 7) is -3.06. The summed E-state index contributed by atoms with van der Waals surface area (Å²) in [4.78, 5) is 9.62. The molecule has 0 aromatic heterocycles. The number of ether oxygens (including phenoxy) is 1. The highest BCUT2D eigenvalue weighted by molar-refractivity contribution is 14.1. The van der Waals surface area contributed by atoms with E-state index < -0.39 is 23.0 Å². The van der Waals surface area contributed by atoms with E-state index in [1.807, 2.05) is 22.6 Å². The number of nitrogens with zero attached hydrogens (tertiary/aromatic N) is 1. The fourth-order valence-electron chi connectivity index (χ4n) is 0.829. The summed E-state index contributed by atoms with van der Waals surface area (Å²) < 4.78 is 28.3. The van der Waals surface area contributed by atoms with E-state index in [1.54, 1.807) is 0 Å². The Balaban J connectivity index is 3.09. The van der Waals surface area contributed by atoms with Gasteiger partial charge >= 0.3 is 12.3 Å². The van der Waals surface area contributed by atoms with Gasteiger partial charge in [0.1, 0.15) is 0 Å². The lowest BCUT2D eigenvalue weighted by Gasteiger charge is -2.04. The van der Waals surface area contributed by atoms with Crippen molar-refractivity contribution in [3.8, 4) is 5.75 Å². The average Bonchev–Trinajstić information content (AvgIpc) is 2.01. The van der Waals surface area contributed by atoms with Crippen LogP contribution < -0.4 is 4.74 Å². The summed E-state index contributed by atoms with van der Waals surface area (Å²) in [7, 11) is 0. The van der Waals surface area contributed by atoms with E-state index in [1.165, 1.54) is 12.1 Å². The predicted octanol–water partition coefficient (Wildman–Crippen LogP) is 2.80. The Kier molecular flexibility index (Phi) is 3.55. The lowest BCUT2D eigenvalue weighted by molar-refractivity contribution is -0.386. The molecule has 76 valence electrons. The summed E-state index contributed by atoms with van der Waals surface area (Å²) in [6, 6.07) is 3.75.